The smallest absolute Gasteiger partial charge is 0.171 e. The van der Waals surface area contributed by atoms with E-state index in [2.05, 4.69) is 56.5 Å². The highest BCUT2D eigenvalue weighted by molar-refractivity contribution is 7.80. The number of hydrogen-bond donors (Lipinski definition) is 2. The van der Waals surface area contributed by atoms with Crippen LogP contribution >= 0.6 is 12.2 Å². The van der Waals surface area contributed by atoms with E-state index in [9.17, 15) is 0 Å². The number of thiocarbonyl (C=S) groups is 1. The number of rotatable bonds is 6. The van der Waals surface area contributed by atoms with Gasteiger partial charge in [-0.2, -0.15) is 0 Å². The lowest BCUT2D eigenvalue weighted by Gasteiger charge is -2.26. The largest absolute Gasteiger partial charge is 0.491 e. The number of hydrogen-bond acceptors (Lipinski definition) is 2. The van der Waals surface area contributed by atoms with Crippen LogP contribution in [0.1, 0.15) is 50.4 Å². The van der Waals surface area contributed by atoms with Gasteiger partial charge in [-0.25, -0.2) is 0 Å². The summed E-state index contributed by atoms with van der Waals surface area (Å²) >= 11 is 5.57. The second-order valence-corrected chi connectivity index (χ2v) is 7.78. The van der Waals surface area contributed by atoms with E-state index in [1.165, 1.54) is 16.7 Å². The summed E-state index contributed by atoms with van der Waals surface area (Å²) < 4.78 is 5.75. The molecule has 1 atom stereocenters. The van der Waals surface area contributed by atoms with Crippen molar-refractivity contribution in [2.24, 2.45) is 5.92 Å². The zero-order chi connectivity index (χ0) is 19.3. The minimum absolute atomic E-state index is 0.144. The van der Waals surface area contributed by atoms with Crippen LogP contribution < -0.4 is 15.4 Å². The van der Waals surface area contributed by atoms with Crippen LogP contribution in [0.15, 0.2) is 42.5 Å². The average molecular weight is 371 g/mol. The molecule has 0 heterocycles. The van der Waals surface area contributed by atoms with Crippen molar-refractivity contribution in [3.8, 4) is 5.75 Å². The lowest BCUT2D eigenvalue weighted by molar-refractivity contribution is 0.242. The lowest BCUT2D eigenvalue weighted by Crippen LogP contribution is -2.35. The second kappa shape index (κ2) is 9.04. The molecular formula is C22H30N2OS. The van der Waals surface area contributed by atoms with Crippen LogP contribution in [0, 0.1) is 19.8 Å². The molecule has 2 rings (SSSR count). The summed E-state index contributed by atoms with van der Waals surface area (Å²) in [7, 11) is 0. The fraction of sp³-hybridized carbons (Fsp3) is 0.409. The molecule has 0 aliphatic heterocycles. The number of anilines is 1. The van der Waals surface area contributed by atoms with Crippen LogP contribution in [0.3, 0.4) is 0 Å². The molecule has 0 spiro atoms. The minimum Gasteiger partial charge on any atom is -0.491 e. The fourth-order valence-corrected chi connectivity index (χ4v) is 3.25. The molecule has 0 unspecified atom stereocenters. The lowest BCUT2D eigenvalue weighted by atomic mass is 9.92. The zero-order valence-electron chi connectivity index (χ0n) is 16.6. The summed E-state index contributed by atoms with van der Waals surface area (Å²) in [6.07, 6.45) is 0.144. The van der Waals surface area contributed by atoms with Crippen molar-refractivity contribution in [2.75, 3.05) is 5.32 Å². The molecule has 0 aliphatic carbocycles. The predicted molar refractivity (Wildman–Crippen MR) is 115 cm³/mol. The van der Waals surface area contributed by atoms with Gasteiger partial charge in [0.1, 0.15) is 5.75 Å². The van der Waals surface area contributed by atoms with E-state index in [0.717, 1.165) is 11.4 Å². The van der Waals surface area contributed by atoms with Gasteiger partial charge in [0.2, 0.25) is 0 Å². The number of aryl methyl sites for hydroxylation is 2. The highest BCUT2D eigenvalue weighted by Gasteiger charge is 2.19. The Kier molecular flexibility index (Phi) is 7.04. The van der Waals surface area contributed by atoms with Crippen molar-refractivity contribution in [2.45, 2.75) is 53.7 Å². The number of benzene rings is 2. The molecule has 0 amide bonds. The quantitative estimate of drug-likeness (QED) is 0.632. The van der Waals surface area contributed by atoms with Gasteiger partial charge in [0, 0.05) is 11.8 Å². The zero-order valence-corrected chi connectivity index (χ0v) is 17.4. The monoisotopic (exact) mass is 370 g/mol. The Morgan fingerprint density at radius 3 is 2.35 bits per heavy atom. The van der Waals surface area contributed by atoms with E-state index in [-0.39, 0.29) is 12.1 Å². The van der Waals surface area contributed by atoms with Crippen LogP contribution in [-0.2, 0) is 0 Å². The SMILES string of the molecule is Cc1ccc([C@H](NC(=S)Nc2cccc(OC(C)C)c2)C(C)C)c(C)c1. The van der Waals surface area contributed by atoms with Crippen molar-refractivity contribution < 1.29 is 4.74 Å². The molecule has 0 saturated heterocycles. The molecule has 0 fully saturated rings. The van der Waals surface area contributed by atoms with Crippen LogP contribution in [-0.4, -0.2) is 11.2 Å². The molecule has 0 radical (unpaired) electrons. The molecule has 4 heteroatoms. The Morgan fingerprint density at radius 2 is 1.73 bits per heavy atom. The van der Waals surface area contributed by atoms with E-state index in [1.807, 2.05) is 38.1 Å². The third-order valence-electron chi connectivity index (χ3n) is 4.18. The second-order valence-electron chi connectivity index (χ2n) is 7.37. The fourth-order valence-electron chi connectivity index (χ4n) is 3.01. The van der Waals surface area contributed by atoms with Gasteiger partial charge in [-0.15, -0.1) is 0 Å². The molecule has 3 nitrogen and oxygen atoms in total. The van der Waals surface area contributed by atoms with Crippen LogP contribution in [0.25, 0.3) is 0 Å². The normalized spacial score (nSPS) is 12.2. The first kappa shape index (κ1) is 20.2. The van der Waals surface area contributed by atoms with Gasteiger partial charge in [-0.3, -0.25) is 0 Å². The molecule has 0 bridgehead atoms. The van der Waals surface area contributed by atoms with Crippen molar-refractivity contribution in [1.29, 1.82) is 0 Å². The summed E-state index contributed by atoms with van der Waals surface area (Å²) in [5.74, 6) is 1.24. The van der Waals surface area contributed by atoms with Gasteiger partial charge in [0.15, 0.2) is 5.11 Å². The maximum absolute atomic E-state index is 5.75. The molecule has 2 aromatic rings. The average Bonchev–Trinajstić information content (AvgIpc) is 2.52. The Labute approximate surface area is 163 Å². The van der Waals surface area contributed by atoms with Gasteiger partial charge >= 0.3 is 0 Å². The van der Waals surface area contributed by atoms with E-state index < -0.39 is 0 Å². The van der Waals surface area contributed by atoms with Crippen LogP contribution in [0.2, 0.25) is 0 Å². The third-order valence-corrected chi connectivity index (χ3v) is 4.40. The highest BCUT2D eigenvalue weighted by atomic mass is 32.1. The van der Waals surface area contributed by atoms with Gasteiger partial charge in [0.05, 0.1) is 12.1 Å². The molecule has 2 N–H and O–H groups in total. The number of nitrogens with one attached hydrogen (secondary N) is 2. The van der Waals surface area contributed by atoms with E-state index in [0.29, 0.717) is 11.0 Å². The molecule has 0 aromatic heterocycles. The van der Waals surface area contributed by atoms with E-state index in [4.69, 9.17) is 17.0 Å². The van der Waals surface area contributed by atoms with Crippen LogP contribution in [0.5, 0.6) is 5.75 Å². The van der Waals surface area contributed by atoms with Gasteiger partial charge in [-0.1, -0.05) is 43.7 Å². The Bertz CT molecular complexity index is 756. The molecule has 0 saturated carbocycles. The van der Waals surface area contributed by atoms with Gasteiger partial charge < -0.3 is 15.4 Å². The van der Waals surface area contributed by atoms with Crippen molar-refractivity contribution in [3.05, 3.63) is 59.2 Å². The summed E-state index contributed by atoms with van der Waals surface area (Å²) in [5, 5.41) is 7.38. The summed E-state index contributed by atoms with van der Waals surface area (Å²) in [5.41, 5.74) is 4.76. The molecule has 0 aliphatic rings. The third kappa shape index (κ3) is 5.73. The molecular weight excluding hydrogens is 340 g/mol. The van der Waals surface area contributed by atoms with Crippen molar-refractivity contribution >= 4 is 23.0 Å². The summed E-state index contributed by atoms with van der Waals surface area (Å²) in [6.45, 7) is 12.7. The molecule has 140 valence electrons. The topological polar surface area (TPSA) is 33.3 Å². The van der Waals surface area contributed by atoms with Gasteiger partial charge in [-0.05, 0) is 69.1 Å². The van der Waals surface area contributed by atoms with Crippen molar-refractivity contribution in [3.63, 3.8) is 0 Å². The maximum atomic E-state index is 5.75. The first-order valence-electron chi connectivity index (χ1n) is 9.17. The van der Waals surface area contributed by atoms with Gasteiger partial charge in [0.25, 0.3) is 0 Å². The van der Waals surface area contributed by atoms with E-state index >= 15 is 0 Å². The van der Waals surface area contributed by atoms with E-state index in [1.54, 1.807) is 0 Å². The Morgan fingerprint density at radius 1 is 1.00 bits per heavy atom. The first-order chi connectivity index (χ1) is 12.3. The number of ether oxygens (including phenoxy) is 1. The first-order valence-corrected chi connectivity index (χ1v) is 9.58. The summed E-state index contributed by atoms with van der Waals surface area (Å²) in [4.78, 5) is 0. The Balaban J connectivity index is 2.11. The molecule has 26 heavy (non-hydrogen) atoms. The predicted octanol–water partition coefficient (Wildman–Crippen LogP) is 5.77. The Hall–Kier alpha value is -2.07. The maximum Gasteiger partial charge on any atom is 0.171 e. The van der Waals surface area contributed by atoms with Crippen LogP contribution in [0.4, 0.5) is 5.69 Å². The molecule has 2 aromatic carbocycles. The van der Waals surface area contributed by atoms with Crippen molar-refractivity contribution in [1.82, 2.24) is 5.32 Å². The summed E-state index contributed by atoms with van der Waals surface area (Å²) in [6, 6.07) is 14.6. The minimum atomic E-state index is 0.144. The standard InChI is InChI=1S/C22H30N2OS/c1-14(2)21(20-11-10-16(5)12-17(20)6)24-22(26)23-18-8-7-9-19(13-18)25-15(3)4/h7-15,21H,1-6H3,(H2,23,24,26)/t21-/m1/s1. The highest BCUT2D eigenvalue weighted by Crippen LogP contribution is 2.26.